The Kier molecular flexibility index (Phi) is 4.77. The Balaban J connectivity index is 2.10. The summed E-state index contributed by atoms with van der Waals surface area (Å²) in [6.07, 6.45) is 2.27. The maximum absolute atomic E-state index is 12.2. The van der Waals surface area contributed by atoms with Gasteiger partial charge in [0.15, 0.2) is 0 Å². The van der Waals surface area contributed by atoms with Gasteiger partial charge < -0.3 is 5.73 Å². The molecule has 114 valence electrons. The molecule has 0 atom stereocenters. The van der Waals surface area contributed by atoms with Gasteiger partial charge in [-0.1, -0.05) is 23.2 Å². The van der Waals surface area contributed by atoms with Crippen LogP contribution >= 0.6 is 23.2 Å². The molecule has 0 radical (unpaired) electrons. The molecule has 3 N–H and O–H groups in total. The van der Waals surface area contributed by atoms with Crippen LogP contribution in [0.2, 0.25) is 10.0 Å². The van der Waals surface area contributed by atoms with Crippen molar-refractivity contribution in [2.45, 2.75) is 11.3 Å². The fraction of sp³-hybridized carbons (Fsp3) is 0.250. The minimum Gasteiger partial charge on any atom is -0.396 e. The number of halogens is 2. The van der Waals surface area contributed by atoms with E-state index in [4.69, 9.17) is 28.9 Å². The Morgan fingerprint density at radius 2 is 2.05 bits per heavy atom. The van der Waals surface area contributed by atoms with Crippen LogP contribution in [-0.4, -0.2) is 24.7 Å². The average molecular weight is 349 g/mol. The first-order chi connectivity index (χ1) is 9.81. The number of nitrogens with zero attached hydrogens (tertiary/aromatic N) is 2. The molecule has 0 saturated carbocycles. The van der Waals surface area contributed by atoms with E-state index in [1.807, 2.05) is 6.07 Å². The molecule has 0 bridgehead atoms. The van der Waals surface area contributed by atoms with E-state index in [1.54, 1.807) is 17.9 Å². The molecule has 2 rings (SSSR count). The smallest absolute Gasteiger partial charge is 0.242 e. The standard InChI is InChI=1S/C12H14Cl2N4O2S/c1-18-7-5-8(17-18)4-6-16-21(19,20)10-3-2-9(13)12(15)11(10)14/h2-3,5,7,16H,4,6,15H2,1H3. The molecule has 0 fully saturated rings. The fourth-order valence-corrected chi connectivity index (χ4v) is 3.54. The van der Waals surface area contributed by atoms with Crippen LogP contribution in [-0.2, 0) is 23.5 Å². The van der Waals surface area contributed by atoms with E-state index in [0.717, 1.165) is 5.69 Å². The minimum absolute atomic E-state index is 0.0472. The second-order valence-electron chi connectivity index (χ2n) is 4.40. The van der Waals surface area contributed by atoms with E-state index in [2.05, 4.69) is 9.82 Å². The van der Waals surface area contributed by atoms with Gasteiger partial charge in [0.2, 0.25) is 10.0 Å². The zero-order valence-electron chi connectivity index (χ0n) is 11.2. The van der Waals surface area contributed by atoms with Crippen molar-refractivity contribution in [2.24, 2.45) is 7.05 Å². The Morgan fingerprint density at radius 1 is 1.33 bits per heavy atom. The quantitative estimate of drug-likeness (QED) is 0.806. The first-order valence-electron chi connectivity index (χ1n) is 6.03. The number of nitrogen functional groups attached to an aromatic ring is 1. The summed E-state index contributed by atoms with van der Waals surface area (Å²) < 4.78 is 28.5. The number of benzene rings is 1. The van der Waals surface area contributed by atoms with E-state index in [9.17, 15) is 8.42 Å². The molecule has 6 nitrogen and oxygen atoms in total. The predicted octanol–water partition coefficient (Wildman–Crippen LogP) is 1.83. The molecule has 0 aliphatic carbocycles. The number of aryl methyl sites for hydroxylation is 1. The van der Waals surface area contributed by atoms with Gasteiger partial charge in [0, 0.05) is 26.2 Å². The highest BCUT2D eigenvalue weighted by Crippen LogP contribution is 2.32. The summed E-state index contributed by atoms with van der Waals surface area (Å²) in [7, 11) is -1.95. The summed E-state index contributed by atoms with van der Waals surface area (Å²) in [5.41, 5.74) is 6.47. The normalized spacial score (nSPS) is 11.8. The third kappa shape index (κ3) is 3.68. The molecule has 0 spiro atoms. The van der Waals surface area contributed by atoms with Crippen molar-refractivity contribution in [2.75, 3.05) is 12.3 Å². The molecule has 0 aliphatic rings. The molecule has 1 aromatic heterocycles. The maximum Gasteiger partial charge on any atom is 0.242 e. The number of hydrogen-bond acceptors (Lipinski definition) is 4. The molecule has 9 heteroatoms. The van der Waals surface area contributed by atoms with Gasteiger partial charge in [-0.2, -0.15) is 5.10 Å². The van der Waals surface area contributed by atoms with E-state index in [-0.39, 0.29) is 27.2 Å². The first kappa shape index (κ1) is 16.1. The van der Waals surface area contributed by atoms with Crippen LogP contribution in [0.1, 0.15) is 5.69 Å². The van der Waals surface area contributed by atoms with Gasteiger partial charge in [0.05, 0.1) is 21.4 Å². The summed E-state index contributed by atoms with van der Waals surface area (Å²) >= 11 is 11.7. The number of sulfonamides is 1. The predicted molar refractivity (Wildman–Crippen MR) is 83.0 cm³/mol. The summed E-state index contributed by atoms with van der Waals surface area (Å²) in [6, 6.07) is 4.54. The van der Waals surface area contributed by atoms with Crippen molar-refractivity contribution in [1.82, 2.24) is 14.5 Å². The van der Waals surface area contributed by atoms with Gasteiger partial charge in [0.1, 0.15) is 4.90 Å². The number of aromatic nitrogens is 2. The van der Waals surface area contributed by atoms with Crippen molar-refractivity contribution in [3.63, 3.8) is 0 Å². The number of anilines is 1. The number of nitrogens with two attached hydrogens (primary N) is 1. The molecule has 1 aromatic carbocycles. The Labute approximate surface area is 132 Å². The van der Waals surface area contributed by atoms with Crippen LogP contribution in [0.15, 0.2) is 29.3 Å². The van der Waals surface area contributed by atoms with Gasteiger partial charge in [-0.15, -0.1) is 0 Å². The maximum atomic E-state index is 12.2. The lowest BCUT2D eigenvalue weighted by Gasteiger charge is -2.10. The van der Waals surface area contributed by atoms with Gasteiger partial charge in [0.25, 0.3) is 0 Å². The summed E-state index contributed by atoms with van der Waals surface area (Å²) in [4.78, 5) is -0.0907. The summed E-state index contributed by atoms with van der Waals surface area (Å²) in [5.74, 6) is 0. The van der Waals surface area contributed by atoms with Crippen molar-refractivity contribution in [3.8, 4) is 0 Å². The van der Waals surface area contributed by atoms with Crippen LogP contribution < -0.4 is 10.5 Å². The van der Waals surface area contributed by atoms with Gasteiger partial charge in [-0.25, -0.2) is 13.1 Å². The van der Waals surface area contributed by atoms with Crippen LogP contribution in [0, 0.1) is 0 Å². The average Bonchev–Trinajstić information content (AvgIpc) is 2.81. The second-order valence-corrected chi connectivity index (χ2v) is 6.92. The monoisotopic (exact) mass is 348 g/mol. The Bertz CT molecular complexity index is 759. The van der Waals surface area contributed by atoms with Crippen LogP contribution in [0.4, 0.5) is 5.69 Å². The van der Waals surface area contributed by atoms with E-state index >= 15 is 0 Å². The molecule has 0 saturated heterocycles. The highest BCUT2D eigenvalue weighted by Gasteiger charge is 2.20. The van der Waals surface area contributed by atoms with Crippen LogP contribution in [0.5, 0.6) is 0 Å². The number of rotatable bonds is 5. The molecule has 21 heavy (non-hydrogen) atoms. The van der Waals surface area contributed by atoms with Crippen molar-refractivity contribution < 1.29 is 8.42 Å². The summed E-state index contributed by atoms with van der Waals surface area (Å²) in [6.45, 7) is 0.207. The zero-order chi connectivity index (χ0) is 15.6. The molecular weight excluding hydrogens is 335 g/mol. The highest BCUT2D eigenvalue weighted by molar-refractivity contribution is 7.89. The largest absolute Gasteiger partial charge is 0.396 e. The first-order valence-corrected chi connectivity index (χ1v) is 8.27. The van der Waals surface area contributed by atoms with E-state index < -0.39 is 10.0 Å². The van der Waals surface area contributed by atoms with Crippen molar-refractivity contribution >= 4 is 38.9 Å². The molecule has 0 amide bonds. The SMILES string of the molecule is Cn1ccc(CCNS(=O)(=O)c2ccc(Cl)c(N)c2Cl)n1. The van der Waals surface area contributed by atoms with Crippen molar-refractivity contribution in [1.29, 1.82) is 0 Å². The van der Waals surface area contributed by atoms with Crippen LogP contribution in [0.3, 0.4) is 0 Å². The third-order valence-corrected chi connectivity index (χ3v) is 5.17. The lowest BCUT2D eigenvalue weighted by atomic mass is 10.3. The molecular formula is C12H14Cl2N4O2S. The van der Waals surface area contributed by atoms with Gasteiger partial charge in [-0.3, -0.25) is 4.68 Å². The Morgan fingerprint density at radius 3 is 2.67 bits per heavy atom. The molecule has 1 heterocycles. The van der Waals surface area contributed by atoms with E-state index in [0.29, 0.717) is 6.42 Å². The molecule has 0 unspecified atom stereocenters. The topological polar surface area (TPSA) is 90.0 Å². The lowest BCUT2D eigenvalue weighted by molar-refractivity contribution is 0.581. The lowest BCUT2D eigenvalue weighted by Crippen LogP contribution is -2.26. The van der Waals surface area contributed by atoms with E-state index in [1.165, 1.54) is 12.1 Å². The Hall–Kier alpha value is -1.28. The number of nitrogens with one attached hydrogen (secondary N) is 1. The summed E-state index contributed by atoms with van der Waals surface area (Å²) in [5, 5.41) is 4.30. The highest BCUT2D eigenvalue weighted by atomic mass is 35.5. The zero-order valence-corrected chi connectivity index (χ0v) is 13.5. The van der Waals surface area contributed by atoms with Gasteiger partial charge in [-0.05, 0) is 18.2 Å². The molecule has 2 aromatic rings. The van der Waals surface area contributed by atoms with Crippen LogP contribution in [0.25, 0.3) is 0 Å². The molecule has 0 aliphatic heterocycles. The third-order valence-electron chi connectivity index (χ3n) is 2.82. The fourth-order valence-electron chi connectivity index (χ4n) is 1.74. The van der Waals surface area contributed by atoms with Crippen molar-refractivity contribution in [3.05, 3.63) is 40.1 Å². The second kappa shape index (κ2) is 6.23. The van der Waals surface area contributed by atoms with Gasteiger partial charge >= 0.3 is 0 Å². The minimum atomic E-state index is -3.75. The number of hydrogen-bond donors (Lipinski definition) is 2.